The number of rotatable bonds is 9. The van der Waals surface area contributed by atoms with Gasteiger partial charge in [-0.05, 0) is 18.2 Å². The van der Waals surface area contributed by atoms with E-state index in [4.69, 9.17) is 9.15 Å². The molecule has 1 N–H and O–H groups in total. The van der Waals surface area contributed by atoms with Crippen LogP contribution in [-0.4, -0.2) is 41.9 Å². The smallest absolute Gasteiger partial charge is 0.273 e. The molecular formula is C19H21N3O4. The molecule has 0 atom stereocenters. The van der Waals surface area contributed by atoms with Gasteiger partial charge in [0.05, 0.1) is 13.7 Å². The summed E-state index contributed by atoms with van der Waals surface area (Å²) in [6, 6.07) is 6.86. The van der Waals surface area contributed by atoms with Gasteiger partial charge in [-0.15, -0.1) is 13.2 Å². The van der Waals surface area contributed by atoms with Crippen LogP contribution in [0.4, 0.5) is 0 Å². The maximum Gasteiger partial charge on any atom is 0.273 e. The molecule has 0 fully saturated rings. The Balaban J connectivity index is 2.13. The van der Waals surface area contributed by atoms with Gasteiger partial charge in [0, 0.05) is 18.7 Å². The van der Waals surface area contributed by atoms with Crippen LogP contribution in [0.25, 0.3) is 0 Å². The fourth-order valence-corrected chi connectivity index (χ4v) is 2.22. The Hall–Kier alpha value is -3.35. The molecule has 0 aliphatic rings. The minimum Gasteiger partial charge on any atom is -0.497 e. The molecule has 2 amide bonds. The zero-order valence-corrected chi connectivity index (χ0v) is 14.6. The van der Waals surface area contributed by atoms with Crippen molar-refractivity contribution in [3.05, 3.63) is 73.0 Å². The van der Waals surface area contributed by atoms with Gasteiger partial charge in [-0.25, -0.2) is 4.98 Å². The van der Waals surface area contributed by atoms with E-state index >= 15 is 0 Å². The highest BCUT2D eigenvalue weighted by molar-refractivity contribution is 5.94. The number of hydrogen-bond donors (Lipinski definition) is 1. The molecule has 0 unspecified atom stereocenters. The van der Waals surface area contributed by atoms with E-state index in [9.17, 15) is 9.59 Å². The zero-order chi connectivity index (χ0) is 18.9. The monoisotopic (exact) mass is 355 g/mol. The SMILES string of the molecule is C=CCNC(=O)c1coc(CN(CC=C)C(=O)c2cccc(OC)c2)n1. The van der Waals surface area contributed by atoms with Crippen LogP contribution in [0.5, 0.6) is 5.75 Å². The average molecular weight is 355 g/mol. The third kappa shape index (κ3) is 4.83. The van der Waals surface area contributed by atoms with E-state index in [2.05, 4.69) is 23.5 Å². The molecule has 0 saturated carbocycles. The van der Waals surface area contributed by atoms with E-state index in [1.165, 1.54) is 18.3 Å². The second-order valence-corrected chi connectivity index (χ2v) is 5.33. The molecule has 0 aliphatic carbocycles. The minimum atomic E-state index is -0.366. The van der Waals surface area contributed by atoms with Gasteiger partial charge < -0.3 is 19.4 Å². The standard InChI is InChI=1S/C19H21N3O4/c1-4-9-20-18(23)16-13-26-17(21-16)12-22(10-5-2)19(24)14-7-6-8-15(11-14)25-3/h4-8,11,13H,1-2,9-10,12H2,3H3,(H,20,23). The summed E-state index contributed by atoms with van der Waals surface area (Å²) in [7, 11) is 1.54. The van der Waals surface area contributed by atoms with Gasteiger partial charge in [-0.2, -0.15) is 0 Å². The molecule has 0 spiro atoms. The average Bonchev–Trinajstić information content (AvgIpc) is 3.14. The third-order valence-electron chi connectivity index (χ3n) is 3.47. The Morgan fingerprint density at radius 3 is 2.85 bits per heavy atom. The van der Waals surface area contributed by atoms with Gasteiger partial charge in [0.2, 0.25) is 5.89 Å². The summed E-state index contributed by atoms with van der Waals surface area (Å²) in [4.78, 5) is 30.3. The number of oxazole rings is 1. The highest BCUT2D eigenvalue weighted by Crippen LogP contribution is 2.16. The molecule has 1 heterocycles. The lowest BCUT2D eigenvalue weighted by atomic mass is 10.2. The summed E-state index contributed by atoms with van der Waals surface area (Å²) in [6.07, 6.45) is 4.44. The summed E-state index contributed by atoms with van der Waals surface area (Å²) in [5.74, 6) is 0.257. The normalized spacial score (nSPS) is 10.0. The van der Waals surface area contributed by atoms with E-state index in [0.29, 0.717) is 24.4 Å². The van der Waals surface area contributed by atoms with Crippen molar-refractivity contribution >= 4 is 11.8 Å². The van der Waals surface area contributed by atoms with Crippen molar-refractivity contribution in [3.8, 4) is 5.75 Å². The van der Waals surface area contributed by atoms with Crippen LogP contribution in [-0.2, 0) is 6.54 Å². The van der Waals surface area contributed by atoms with Gasteiger partial charge in [0.1, 0.15) is 12.0 Å². The van der Waals surface area contributed by atoms with Gasteiger partial charge in [0.25, 0.3) is 11.8 Å². The maximum absolute atomic E-state index is 12.8. The van der Waals surface area contributed by atoms with Crippen LogP contribution < -0.4 is 10.1 Å². The van der Waals surface area contributed by atoms with E-state index in [1.807, 2.05) is 0 Å². The van der Waals surface area contributed by atoms with Crippen LogP contribution in [0.3, 0.4) is 0 Å². The number of ether oxygens (including phenoxy) is 1. The minimum absolute atomic E-state index is 0.108. The van der Waals surface area contributed by atoms with Crippen molar-refractivity contribution in [3.63, 3.8) is 0 Å². The Labute approximate surface area is 152 Å². The zero-order valence-electron chi connectivity index (χ0n) is 14.6. The van der Waals surface area contributed by atoms with Gasteiger partial charge in [0.15, 0.2) is 5.69 Å². The number of carbonyl (C=O) groups excluding carboxylic acids is 2. The Kier molecular flexibility index (Phi) is 6.73. The van der Waals surface area contributed by atoms with Crippen LogP contribution in [0.2, 0.25) is 0 Å². The molecule has 0 aliphatic heterocycles. The second-order valence-electron chi connectivity index (χ2n) is 5.33. The fourth-order valence-electron chi connectivity index (χ4n) is 2.22. The predicted molar refractivity (Wildman–Crippen MR) is 97.0 cm³/mol. The summed E-state index contributed by atoms with van der Waals surface area (Å²) in [6.45, 7) is 7.95. The molecule has 0 saturated heterocycles. The summed E-state index contributed by atoms with van der Waals surface area (Å²) >= 11 is 0. The maximum atomic E-state index is 12.8. The van der Waals surface area contributed by atoms with E-state index in [1.54, 1.807) is 36.4 Å². The molecule has 0 radical (unpaired) electrons. The lowest BCUT2D eigenvalue weighted by Crippen LogP contribution is -2.31. The van der Waals surface area contributed by atoms with Gasteiger partial charge in [-0.3, -0.25) is 9.59 Å². The highest BCUT2D eigenvalue weighted by atomic mass is 16.5. The predicted octanol–water partition coefficient (Wildman–Crippen LogP) is 2.43. The molecule has 2 rings (SSSR count). The highest BCUT2D eigenvalue weighted by Gasteiger charge is 2.19. The van der Waals surface area contributed by atoms with Gasteiger partial charge >= 0.3 is 0 Å². The molecule has 1 aromatic heterocycles. The topological polar surface area (TPSA) is 84.7 Å². The number of carbonyl (C=O) groups is 2. The number of hydrogen-bond acceptors (Lipinski definition) is 5. The molecule has 7 nitrogen and oxygen atoms in total. The Bertz CT molecular complexity index is 798. The summed E-state index contributed by atoms with van der Waals surface area (Å²) in [5, 5.41) is 2.61. The van der Waals surface area contributed by atoms with Crippen molar-refractivity contribution < 1.29 is 18.7 Å². The van der Waals surface area contributed by atoms with Crippen molar-refractivity contribution in [2.75, 3.05) is 20.2 Å². The summed E-state index contributed by atoms with van der Waals surface area (Å²) < 4.78 is 10.5. The first-order chi connectivity index (χ1) is 12.6. The number of benzene rings is 1. The van der Waals surface area contributed by atoms with Crippen LogP contribution in [0.1, 0.15) is 26.7 Å². The van der Waals surface area contributed by atoms with Crippen molar-refractivity contribution in [1.82, 2.24) is 15.2 Å². The molecule has 2 aromatic rings. The second kappa shape index (κ2) is 9.22. The molecule has 7 heteroatoms. The number of aromatic nitrogens is 1. The first kappa shape index (κ1) is 19.0. The quantitative estimate of drug-likeness (QED) is 0.698. The largest absolute Gasteiger partial charge is 0.497 e. The van der Waals surface area contributed by atoms with E-state index < -0.39 is 0 Å². The first-order valence-electron chi connectivity index (χ1n) is 7.96. The molecule has 26 heavy (non-hydrogen) atoms. The summed E-state index contributed by atoms with van der Waals surface area (Å²) in [5.41, 5.74) is 0.621. The number of amides is 2. The van der Waals surface area contributed by atoms with Crippen LogP contribution in [0, 0.1) is 0 Å². The number of nitrogens with zero attached hydrogens (tertiary/aromatic N) is 2. The van der Waals surface area contributed by atoms with Crippen molar-refractivity contribution in [1.29, 1.82) is 0 Å². The molecule has 1 aromatic carbocycles. The molecule has 0 bridgehead atoms. The Morgan fingerprint density at radius 2 is 2.15 bits per heavy atom. The van der Waals surface area contributed by atoms with Crippen LogP contribution in [0.15, 0.2) is 60.3 Å². The molecular weight excluding hydrogens is 334 g/mol. The van der Waals surface area contributed by atoms with E-state index in [-0.39, 0.29) is 29.9 Å². The van der Waals surface area contributed by atoms with Gasteiger partial charge in [-0.1, -0.05) is 18.2 Å². The lowest BCUT2D eigenvalue weighted by molar-refractivity contribution is 0.0748. The fraction of sp³-hybridized carbons (Fsp3) is 0.211. The number of nitrogens with one attached hydrogen (secondary N) is 1. The number of methoxy groups -OCH3 is 1. The van der Waals surface area contributed by atoms with Crippen LogP contribution >= 0.6 is 0 Å². The van der Waals surface area contributed by atoms with Crippen molar-refractivity contribution in [2.24, 2.45) is 0 Å². The van der Waals surface area contributed by atoms with E-state index in [0.717, 1.165) is 0 Å². The first-order valence-corrected chi connectivity index (χ1v) is 7.96. The van der Waals surface area contributed by atoms with Crippen molar-refractivity contribution in [2.45, 2.75) is 6.54 Å². The lowest BCUT2D eigenvalue weighted by Gasteiger charge is -2.19. The Morgan fingerprint density at radius 1 is 1.35 bits per heavy atom. The molecule has 136 valence electrons. The third-order valence-corrected chi connectivity index (χ3v) is 3.47.